The summed E-state index contributed by atoms with van der Waals surface area (Å²) in [7, 11) is 2.01. The van der Waals surface area contributed by atoms with Crippen molar-refractivity contribution in [2.45, 2.75) is 26.2 Å². The van der Waals surface area contributed by atoms with Gasteiger partial charge in [-0.3, -0.25) is 4.68 Å². The van der Waals surface area contributed by atoms with Crippen LogP contribution in [0.4, 0.5) is 0 Å². The highest BCUT2D eigenvalue weighted by atomic mass is 15.3. The van der Waals surface area contributed by atoms with Crippen molar-refractivity contribution in [2.24, 2.45) is 13.0 Å². The zero-order valence-corrected chi connectivity index (χ0v) is 9.08. The van der Waals surface area contributed by atoms with E-state index in [1.165, 1.54) is 43.6 Å². The number of hydrogen-bond donors (Lipinski definition) is 1. The van der Waals surface area contributed by atoms with Crippen LogP contribution in [-0.4, -0.2) is 22.9 Å². The van der Waals surface area contributed by atoms with Crippen LogP contribution < -0.4 is 5.32 Å². The van der Waals surface area contributed by atoms with Crippen LogP contribution >= 0.6 is 0 Å². The van der Waals surface area contributed by atoms with Crippen LogP contribution in [0.3, 0.4) is 0 Å². The van der Waals surface area contributed by atoms with Crippen LogP contribution in [0.2, 0.25) is 0 Å². The molecule has 1 atom stereocenters. The molecule has 1 aliphatic heterocycles. The number of aryl methyl sites for hydroxylation is 1. The molecule has 0 aliphatic carbocycles. The second-order valence-electron chi connectivity index (χ2n) is 4.30. The summed E-state index contributed by atoms with van der Waals surface area (Å²) in [6.45, 7) is 4.52. The maximum atomic E-state index is 4.28. The van der Waals surface area contributed by atoms with E-state index in [9.17, 15) is 0 Å². The van der Waals surface area contributed by atoms with Gasteiger partial charge in [-0.25, -0.2) is 0 Å². The van der Waals surface area contributed by atoms with Crippen molar-refractivity contribution in [3.63, 3.8) is 0 Å². The Labute approximate surface area is 85.5 Å². The van der Waals surface area contributed by atoms with Crippen LogP contribution in [0, 0.1) is 12.8 Å². The van der Waals surface area contributed by atoms with Gasteiger partial charge in [0.05, 0.1) is 6.20 Å². The number of piperidine rings is 1. The molecule has 2 rings (SSSR count). The van der Waals surface area contributed by atoms with Crippen molar-refractivity contribution in [1.82, 2.24) is 15.1 Å². The lowest BCUT2D eigenvalue weighted by molar-refractivity contribution is 0.375. The lowest BCUT2D eigenvalue weighted by Crippen LogP contribution is -2.30. The number of rotatable bonds is 2. The largest absolute Gasteiger partial charge is 0.316 e. The Hall–Kier alpha value is -0.830. The Kier molecular flexibility index (Phi) is 2.87. The minimum Gasteiger partial charge on any atom is -0.316 e. The van der Waals surface area contributed by atoms with Crippen molar-refractivity contribution in [3.05, 3.63) is 17.5 Å². The Morgan fingerprint density at radius 2 is 2.50 bits per heavy atom. The fourth-order valence-corrected chi connectivity index (χ4v) is 2.15. The lowest BCUT2D eigenvalue weighted by Gasteiger charge is -2.22. The molecule has 0 saturated carbocycles. The molecule has 1 aromatic rings. The zero-order valence-electron chi connectivity index (χ0n) is 9.08. The predicted octanol–water partition coefficient (Wildman–Crippen LogP) is 1.27. The van der Waals surface area contributed by atoms with E-state index in [4.69, 9.17) is 0 Å². The maximum Gasteiger partial charge on any atom is 0.0524 e. The third-order valence-corrected chi connectivity index (χ3v) is 3.24. The third kappa shape index (κ3) is 1.98. The van der Waals surface area contributed by atoms with Gasteiger partial charge in [0.25, 0.3) is 0 Å². The van der Waals surface area contributed by atoms with Gasteiger partial charge in [0.2, 0.25) is 0 Å². The molecule has 0 spiro atoms. The number of hydrogen-bond acceptors (Lipinski definition) is 2. The van der Waals surface area contributed by atoms with E-state index < -0.39 is 0 Å². The minimum atomic E-state index is 0.812. The molecule has 0 bridgehead atoms. The first-order chi connectivity index (χ1) is 6.77. The molecule has 1 fully saturated rings. The summed E-state index contributed by atoms with van der Waals surface area (Å²) in [5.74, 6) is 0.812. The van der Waals surface area contributed by atoms with E-state index in [2.05, 4.69) is 17.3 Å². The molecule has 1 aliphatic rings. The van der Waals surface area contributed by atoms with Gasteiger partial charge in [0.1, 0.15) is 0 Å². The average Bonchev–Trinajstić information content (AvgIpc) is 2.52. The van der Waals surface area contributed by atoms with Gasteiger partial charge in [0.15, 0.2) is 0 Å². The van der Waals surface area contributed by atoms with Gasteiger partial charge >= 0.3 is 0 Å². The van der Waals surface area contributed by atoms with Gasteiger partial charge in [0, 0.05) is 12.7 Å². The Morgan fingerprint density at radius 1 is 1.64 bits per heavy atom. The molecular weight excluding hydrogens is 174 g/mol. The summed E-state index contributed by atoms with van der Waals surface area (Å²) in [6, 6.07) is 0. The van der Waals surface area contributed by atoms with Gasteiger partial charge in [-0.05, 0) is 50.8 Å². The average molecular weight is 193 g/mol. The van der Waals surface area contributed by atoms with Crippen molar-refractivity contribution in [1.29, 1.82) is 0 Å². The molecule has 0 amide bonds. The molecule has 0 radical (unpaired) electrons. The van der Waals surface area contributed by atoms with Gasteiger partial charge < -0.3 is 5.32 Å². The van der Waals surface area contributed by atoms with Crippen LogP contribution in [0.25, 0.3) is 0 Å². The number of nitrogens with one attached hydrogen (secondary N) is 1. The van der Waals surface area contributed by atoms with Crippen molar-refractivity contribution in [2.75, 3.05) is 13.1 Å². The lowest BCUT2D eigenvalue weighted by atomic mass is 9.93. The zero-order chi connectivity index (χ0) is 9.97. The van der Waals surface area contributed by atoms with E-state index in [0.717, 1.165) is 5.92 Å². The molecule has 1 N–H and O–H groups in total. The monoisotopic (exact) mass is 193 g/mol. The first-order valence-electron chi connectivity index (χ1n) is 5.45. The van der Waals surface area contributed by atoms with Crippen LogP contribution in [0.1, 0.15) is 24.1 Å². The molecule has 14 heavy (non-hydrogen) atoms. The highest BCUT2D eigenvalue weighted by molar-refractivity contribution is 5.16. The smallest absolute Gasteiger partial charge is 0.0524 e. The SMILES string of the molecule is Cc1c(CC2CCCNC2)cnn1C. The molecule has 1 unspecified atom stereocenters. The predicted molar refractivity (Wildman–Crippen MR) is 57.2 cm³/mol. The van der Waals surface area contributed by atoms with Crippen LogP contribution in [0.5, 0.6) is 0 Å². The van der Waals surface area contributed by atoms with E-state index in [-0.39, 0.29) is 0 Å². The first kappa shape index (κ1) is 9.71. The molecule has 3 nitrogen and oxygen atoms in total. The van der Waals surface area contributed by atoms with E-state index in [1.807, 2.05) is 17.9 Å². The summed E-state index contributed by atoms with van der Waals surface area (Å²) in [6.07, 6.45) is 5.89. The van der Waals surface area contributed by atoms with Crippen LogP contribution in [0.15, 0.2) is 6.20 Å². The first-order valence-corrected chi connectivity index (χ1v) is 5.45. The van der Waals surface area contributed by atoms with Gasteiger partial charge in [-0.1, -0.05) is 0 Å². The quantitative estimate of drug-likeness (QED) is 0.766. The van der Waals surface area contributed by atoms with Crippen LogP contribution in [-0.2, 0) is 13.5 Å². The fourth-order valence-electron chi connectivity index (χ4n) is 2.15. The second kappa shape index (κ2) is 4.13. The molecular formula is C11H19N3. The summed E-state index contributed by atoms with van der Waals surface area (Å²) >= 11 is 0. The summed E-state index contributed by atoms with van der Waals surface area (Å²) < 4.78 is 1.96. The molecule has 78 valence electrons. The standard InChI is InChI=1S/C11H19N3/c1-9-11(8-13-14(9)2)6-10-4-3-5-12-7-10/h8,10,12H,3-7H2,1-2H3. The Balaban J connectivity index is 1.99. The molecule has 2 heterocycles. The summed E-state index contributed by atoms with van der Waals surface area (Å²) in [5, 5.41) is 7.73. The summed E-state index contributed by atoms with van der Waals surface area (Å²) in [4.78, 5) is 0. The molecule has 0 aromatic carbocycles. The Morgan fingerprint density at radius 3 is 3.07 bits per heavy atom. The molecule has 3 heteroatoms. The highest BCUT2D eigenvalue weighted by Crippen LogP contribution is 2.18. The Bertz CT molecular complexity index is 297. The van der Waals surface area contributed by atoms with E-state index in [0.29, 0.717) is 0 Å². The van der Waals surface area contributed by atoms with Gasteiger partial charge in [-0.15, -0.1) is 0 Å². The number of nitrogens with zero attached hydrogens (tertiary/aromatic N) is 2. The van der Waals surface area contributed by atoms with Crippen molar-refractivity contribution >= 4 is 0 Å². The maximum absolute atomic E-state index is 4.28. The second-order valence-corrected chi connectivity index (χ2v) is 4.30. The number of aromatic nitrogens is 2. The topological polar surface area (TPSA) is 29.9 Å². The minimum absolute atomic E-state index is 0.812. The van der Waals surface area contributed by atoms with Crippen molar-refractivity contribution in [3.8, 4) is 0 Å². The van der Waals surface area contributed by atoms with E-state index in [1.54, 1.807) is 0 Å². The fraction of sp³-hybridized carbons (Fsp3) is 0.727. The molecule has 1 aromatic heterocycles. The van der Waals surface area contributed by atoms with Gasteiger partial charge in [-0.2, -0.15) is 5.10 Å². The normalized spacial score (nSPS) is 22.6. The highest BCUT2D eigenvalue weighted by Gasteiger charge is 2.15. The van der Waals surface area contributed by atoms with Crippen molar-refractivity contribution < 1.29 is 0 Å². The summed E-state index contributed by atoms with van der Waals surface area (Å²) in [5.41, 5.74) is 2.73. The third-order valence-electron chi connectivity index (χ3n) is 3.24. The molecule has 1 saturated heterocycles. The van der Waals surface area contributed by atoms with E-state index >= 15 is 0 Å².